The van der Waals surface area contributed by atoms with Crippen LogP contribution < -0.4 is 5.56 Å². The summed E-state index contributed by atoms with van der Waals surface area (Å²) in [5.74, 6) is -1.87. The lowest BCUT2D eigenvalue weighted by Gasteiger charge is -2.18. The number of phenolic OH excluding ortho intramolecular Hbond substituents is 1. The molecule has 0 amide bonds. The number of nitrogens with zero attached hydrogens (tertiary/aromatic N) is 2. The van der Waals surface area contributed by atoms with Crippen LogP contribution >= 0.6 is 15.9 Å². The van der Waals surface area contributed by atoms with Gasteiger partial charge < -0.3 is 14.9 Å². The van der Waals surface area contributed by atoms with Crippen LogP contribution in [0.15, 0.2) is 51.9 Å². The van der Waals surface area contributed by atoms with Crippen molar-refractivity contribution in [1.82, 2.24) is 9.38 Å². The molecule has 0 saturated carbocycles. The van der Waals surface area contributed by atoms with Crippen molar-refractivity contribution in [3.8, 4) is 11.6 Å². The van der Waals surface area contributed by atoms with Crippen LogP contribution in [0.2, 0.25) is 0 Å². The number of rotatable bonds is 4. The van der Waals surface area contributed by atoms with Gasteiger partial charge >= 0.3 is 5.97 Å². The Hall–Kier alpha value is -2.87. The molecule has 0 aliphatic heterocycles. The first kappa shape index (κ1) is 17.9. The Morgan fingerprint density at radius 3 is 2.77 bits per heavy atom. The predicted octanol–water partition coefficient (Wildman–Crippen LogP) is 2.56. The normalized spacial score (nSPS) is 12.1. The summed E-state index contributed by atoms with van der Waals surface area (Å²) in [6.07, 6.45) is 1.34. The monoisotopic (exact) mass is 418 g/mol. The van der Waals surface area contributed by atoms with Crippen LogP contribution in [0.1, 0.15) is 23.5 Å². The number of ether oxygens (including phenoxy) is 1. The van der Waals surface area contributed by atoms with Gasteiger partial charge in [0, 0.05) is 16.6 Å². The molecule has 3 aromatic rings. The van der Waals surface area contributed by atoms with E-state index in [0.29, 0.717) is 10.0 Å². The molecule has 26 heavy (non-hydrogen) atoms. The van der Waals surface area contributed by atoms with E-state index in [2.05, 4.69) is 20.9 Å². The molecule has 1 atom stereocenters. The van der Waals surface area contributed by atoms with Crippen LogP contribution in [0.25, 0.3) is 5.65 Å². The van der Waals surface area contributed by atoms with Gasteiger partial charge in [0.2, 0.25) is 5.88 Å². The van der Waals surface area contributed by atoms with Crippen molar-refractivity contribution in [1.29, 1.82) is 0 Å². The van der Waals surface area contributed by atoms with Crippen LogP contribution in [-0.4, -0.2) is 32.7 Å². The van der Waals surface area contributed by atoms with Crippen LogP contribution in [0.4, 0.5) is 0 Å². The Morgan fingerprint density at radius 2 is 2.08 bits per heavy atom. The number of aromatic hydroxyl groups is 2. The van der Waals surface area contributed by atoms with Gasteiger partial charge in [-0.1, -0.05) is 12.1 Å². The number of aromatic nitrogens is 2. The number of benzene rings is 1. The molecule has 0 spiro atoms. The Kier molecular flexibility index (Phi) is 4.94. The van der Waals surface area contributed by atoms with Crippen LogP contribution in [0, 0.1) is 0 Å². The summed E-state index contributed by atoms with van der Waals surface area (Å²) in [6, 6.07) is 9.43. The number of fused-ring (bicyclic) bond motifs is 1. The van der Waals surface area contributed by atoms with E-state index >= 15 is 0 Å². The third kappa shape index (κ3) is 3.41. The number of carbonyl (C=O) groups is 1. The molecular weight excluding hydrogens is 404 g/mol. The molecule has 0 saturated heterocycles. The maximum atomic E-state index is 13.0. The van der Waals surface area contributed by atoms with E-state index in [1.165, 1.54) is 29.8 Å². The van der Waals surface area contributed by atoms with Crippen LogP contribution in [0.5, 0.6) is 11.6 Å². The van der Waals surface area contributed by atoms with E-state index < -0.39 is 23.3 Å². The number of halogens is 1. The topological polar surface area (TPSA) is 101 Å². The zero-order chi connectivity index (χ0) is 18.8. The lowest BCUT2D eigenvalue weighted by Crippen LogP contribution is -2.24. The third-order valence-corrected chi connectivity index (χ3v) is 4.49. The highest BCUT2D eigenvalue weighted by Gasteiger charge is 2.27. The molecule has 134 valence electrons. The summed E-state index contributed by atoms with van der Waals surface area (Å²) >= 11 is 3.30. The Labute approximate surface area is 156 Å². The Balaban J connectivity index is 2.26. The molecule has 1 aromatic carbocycles. The lowest BCUT2D eigenvalue weighted by molar-refractivity contribution is -0.140. The molecule has 0 fully saturated rings. The van der Waals surface area contributed by atoms with Gasteiger partial charge in [-0.05, 0) is 45.8 Å². The predicted molar refractivity (Wildman–Crippen MR) is 97.4 cm³/mol. The van der Waals surface area contributed by atoms with Crippen LogP contribution in [-0.2, 0) is 9.53 Å². The van der Waals surface area contributed by atoms with E-state index in [1.807, 2.05) is 0 Å². The standard InChI is InChI=1S/C18H15BrN2O5/c1-26-15(23)8-13(10-3-2-4-12(22)7-10)16-17(24)20-14-6-5-11(19)9-21(14)18(16)25/h2-7,9,13,22,24H,8H2,1H3. The van der Waals surface area contributed by atoms with Gasteiger partial charge in [0.1, 0.15) is 11.4 Å². The van der Waals surface area contributed by atoms with E-state index in [9.17, 15) is 19.8 Å². The molecule has 0 radical (unpaired) electrons. The third-order valence-electron chi connectivity index (χ3n) is 4.02. The molecule has 1 unspecified atom stereocenters. The molecule has 0 bridgehead atoms. The number of pyridine rings is 1. The maximum absolute atomic E-state index is 13.0. The summed E-state index contributed by atoms with van der Waals surface area (Å²) in [5.41, 5.74) is 0.203. The number of phenols is 1. The average molecular weight is 419 g/mol. The fourth-order valence-corrected chi connectivity index (χ4v) is 3.13. The van der Waals surface area contributed by atoms with Gasteiger partial charge in [-0.2, -0.15) is 4.98 Å². The molecule has 2 N–H and O–H groups in total. The van der Waals surface area contributed by atoms with Crippen molar-refractivity contribution >= 4 is 27.5 Å². The van der Waals surface area contributed by atoms with Crippen molar-refractivity contribution in [2.75, 3.05) is 7.11 Å². The molecule has 3 rings (SSSR count). The Bertz CT molecular complexity index is 1050. The highest BCUT2D eigenvalue weighted by atomic mass is 79.9. The minimum atomic E-state index is -0.828. The summed E-state index contributed by atoms with van der Waals surface area (Å²) in [6.45, 7) is 0. The van der Waals surface area contributed by atoms with Crippen molar-refractivity contribution in [3.63, 3.8) is 0 Å². The minimum Gasteiger partial charge on any atom is -0.508 e. The summed E-state index contributed by atoms with van der Waals surface area (Å²) in [7, 11) is 1.24. The number of methoxy groups -OCH3 is 1. The molecule has 8 heteroatoms. The van der Waals surface area contributed by atoms with E-state index in [4.69, 9.17) is 4.74 Å². The summed E-state index contributed by atoms with van der Waals surface area (Å²) in [5, 5.41) is 20.2. The minimum absolute atomic E-state index is 0.0200. The Morgan fingerprint density at radius 1 is 1.31 bits per heavy atom. The first-order chi connectivity index (χ1) is 12.4. The van der Waals surface area contributed by atoms with Gasteiger partial charge in [0.25, 0.3) is 5.56 Å². The van der Waals surface area contributed by atoms with Crippen LogP contribution in [0.3, 0.4) is 0 Å². The second-order valence-corrected chi connectivity index (χ2v) is 6.57. The largest absolute Gasteiger partial charge is 0.508 e. The van der Waals surface area contributed by atoms with Gasteiger partial charge in [0.15, 0.2) is 0 Å². The number of hydrogen-bond acceptors (Lipinski definition) is 6. The quantitative estimate of drug-likeness (QED) is 0.631. The van der Waals surface area contributed by atoms with Crippen molar-refractivity contribution < 1.29 is 19.7 Å². The summed E-state index contributed by atoms with van der Waals surface area (Å²) < 4.78 is 6.66. The highest BCUT2D eigenvalue weighted by Crippen LogP contribution is 2.32. The molecule has 0 aliphatic carbocycles. The zero-order valence-electron chi connectivity index (χ0n) is 13.7. The zero-order valence-corrected chi connectivity index (χ0v) is 15.3. The van der Waals surface area contributed by atoms with Gasteiger partial charge in [-0.25, -0.2) is 0 Å². The van der Waals surface area contributed by atoms with Gasteiger partial charge in [0.05, 0.1) is 19.1 Å². The van der Waals surface area contributed by atoms with Crippen molar-refractivity contribution in [2.24, 2.45) is 0 Å². The smallest absolute Gasteiger partial charge is 0.306 e. The van der Waals surface area contributed by atoms with Crippen molar-refractivity contribution in [3.05, 3.63) is 68.5 Å². The van der Waals surface area contributed by atoms with E-state index in [-0.39, 0.29) is 23.4 Å². The number of carbonyl (C=O) groups excluding carboxylic acids is 1. The molecule has 7 nitrogen and oxygen atoms in total. The SMILES string of the molecule is COC(=O)CC(c1cccc(O)c1)c1c(O)nc2ccc(Br)cn2c1=O. The average Bonchev–Trinajstić information content (AvgIpc) is 2.61. The fraction of sp³-hybridized carbons (Fsp3) is 0.167. The first-order valence-electron chi connectivity index (χ1n) is 7.67. The lowest BCUT2D eigenvalue weighted by atomic mass is 9.89. The van der Waals surface area contributed by atoms with Gasteiger partial charge in [-0.3, -0.25) is 14.0 Å². The molecule has 2 heterocycles. The summed E-state index contributed by atoms with van der Waals surface area (Å²) in [4.78, 5) is 29.0. The van der Waals surface area contributed by atoms with Gasteiger partial charge in [-0.15, -0.1) is 0 Å². The fourth-order valence-electron chi connectivity index (χ4n) is 2.80. The number of hydrogen-bond donors (Lipinski definition) is 2. The molecule has 2 aromatic heterocycles. The molecule has 0 aliphatic rings. The van der Waals surface area contributed by atoms with E-state index in [0.717, 1.165) is 0 Å². The second-order valence-electron chi connectivity index (χ2n) is 5.66. The van der Waals surface area contributed by atoms with E-state index in [1.54, 1.807) is 24.3 Å². The number of esters is 1. The maximum Gasteiger partial charge on any atom is 0.306 e. The van der Waals surface area contributed by atoms with Crippen molar-refractivity contribution in [2.45, 2.75) is 12.3 Å². The molecular formula is C18H15BrN2O5. The highest BCUT2D eigenvalue weighted by molar-refractivity contribution is 9.10. The first-order valence-corrected chi connectivity index (χ1v) is 8.46. The second kappa shape index (κ2) is 7.17.